The zero-order chi connectivity index (χ0) is 18.5. The molecule has 0 amide bonds. The van der Waals surface area contributed by atoms with Crippen molar-refractivity contribution in [2.45, 2.75) is 13.1 Å². The third-order valence-corrected chi connectivity index (χ3v) is 6.02. The van der Waals surface area contributed by atoms with E-state index in [0.717, 1.165) is 28.2 Å². The van der Waals surface area contributed by atoms with Crippen LogP contribution in [0.5, 0.6) is 0 Å². The third-order valence-electron chi connectivity index (χ3n) is 4.64. The minimum atomic E-state index is -4.32. The number of rotatable bonds is 2. The van der Waals surface area contributed by atoms with Crippen LogP contribution in [0.15, 0.2) is 60.7 Å². The van der Waals surface area contributed by atoms with Crippen molar-refractivity contribution in [1.82, 2.24) is 0 Å². The van der Waals surface area contributed by atoms with Crippen LogP contribution in [0.3, 0.4) is 0 Å². The number of hydrogen-bond acceptors (Lipinski definition) is 2. The van der Waals surface area contributed by atoms with Crippen molar-refractivity contribution in [3.63, 3.8) is 0 Å². The van der Waals surface area contributed by atoms with Gasteiger partial charge in [-0.25, -0.2) is 0 Å². The van der Waals surface area contributed by atoms with Crippen LogP contribution in [0.25, 0.3) is 20.2 Å². The van der Waals surface area contributed by atoms with Crippen molar-refractivity contribution in [2.75, 3.05) is 11.9 Å². The molecule has 132 valence electrons. The Hall–Kier alpha value is -2.53. The molecule has 4 rings (SSSR count). The molecule has 26 heavy (non-hydrogen) atoms. The Morgan fingerprint density at radius 1 is 0.808 bits per heavy atom. The van der Waals surface area contributed by atoms with E-state index in [-0.39, 0.29) is 0 Å². The molecule has 0 N–H and O–H groups in total. The molecule has 0 saturated carbocycles. The molecule has 3 aromatic carbocycles. The summed E-state index contributed by atoms with van der Waals surface area (Å²) >= 11 is 1.72. The number of benzene rings is 3. The Kier molecular flexibility index (Phi) is 3.92. The molecule has 5 heteroatoms. The summed E-state index contributed by atoms with van der Waals surface area (Å²) in [5.74, 6) is 0. The van der Waals surface area contributed by atoms with Gasteiger partial charge < -0.3 is 4.90 Å². The monoisotopic (exact) mass is 371 g/mol. The zero-order valence-corrected chi connectivity index (χ0v) is 15.1. The normalized spacial score (nSPS) is 12.0. The van der Waals surface area contributed by atoms with Gasteiger partial charge in [0.2, 0.25) is 0 Å². The van der Waals surface area contributed by atoms with Gasteiger partial charge in [-0.05, 0) is 42.8 Å². The Bertz CT molecular complexity index is 1090. The van der Waals surface area contributed by atoms with Crippen molar-refractivity contribution >= 4 is 42.9 Å². The van der Waals surface area contributed by atoms with Gasteiger partial charge in [0.1, 0.15) is 0 Å². The van der Waals surface area contributed by atoms with Crippen LogP contribution < -0.4 is 4.90 Å². The number of nitrogens with zero attached hydrogens (tertiary/aromatic N) is 1. The van der Waals surface area contributed by atoms with Crippen LogP contribution in [-0.2, 0) is 6.18 Å². The van der Waals surface area contributed by atoms with E-state index >= 15 is 0 Å². The number of fused-ring (bicyclic) bond motifs is 3. The molecular weight excluding hydrogens is 355 g/mol. The number of alkyl halides is 3. The maximum atomic E-state index is 12.8. The van der Waals surface area contributed by atoms with Crippen molar-refractivity contribution in [2.24, 2.45) is 0 Å². The molecule has 0 atom stereocenters. The Balaban J connectivity index is 1.83. The zero-order valence-electron chi connectivity index (χ0n) is 14.3. The highest BCUT2D eigenvalue weighted by atomic mass is 32.1. The van der Waals surface area contributed by atoms with Crippen LogP contribution >= 0.6 is 11.3 Å². The Morgan fingerprint density at radius 2 is 1.42 bits per heavy atom. The van der Waals surface area contributed by atoms with Gasteiger partial charge in [0.05, 0.1) is 16.0 Å². The number of halogens is 3. The predicted molar refractivity (Wildman–Crippen MR) is 104 cm³/mol. The van der Waals surface area contributed by atoms with Crippen molar-refractivity contribution in [1.29, 1.82) is 0 Å². The van der Waals surface area contributed by atoms with E-state index in [4.69, 9.17) is 0 Å². The lowest BCUT2D eigenvalue weighted by Crippen LogP contribution is -2.10. The van der Waals surface area contributed by atoms with Crippen LogP contribution in [0, 0.1) is 6.92 Å². The molecular formula is C21H16F3NS. The first-order valence-electron chi connectivity index (χ1n) is 8.18. The summed E-state index contributed by atoms with van der Waals surface area (Å²) in [7, 11) is 1.88. The molecule has 0 unspecified atom stereocenters. The van der Waals surface area contributed by atoms with E-state index < -0.39 is 11.7 Å². The molecule has 0 saturated heterocycles. The predicted octanol–water partition coefficient (Wildman–Crippen LogP) is 7.15. The highest BCUT2D eigenvalue weighted by Crippen LogP contribution is 2.42. The quantitative estimate of drug-likeness (QED) is 0.362. The second kappa shape index (κ2) is 6.02. The Morgan fingerprint density at radius 3 is 2.08 bits per heavy atom. The van der Waals surface area contributed by atoms with Gasteiger partial charge in [0, 0.05) is 28.2 Å². The summed E-state index contributed by atoms with van der Waals surface area (Å²) < 4.78 is 40.8. The number of thiophene rings is 1. The van der Waals surface area contributed by atoms with E-state index in [2.05, 4.69) is 31.2 Å². The average Bonchev–Trinajstić information content (AvgIpc) is 3.01. The van der Waals surface area contributed by atoms with Gasteiger partial charge in [-0.15, -0.1) is 11.3 Å². The van der Waals surface area contributed by atoms with Crippen molar-refractivity contribution in [3.05, 3.63) is 71.8 Å². The summed E-state index contributed by atoms with van der Waals surface area (Å²) in [5.41, 5.74) is 2.31. The molecule has 0 spiro atoms. The maximum Gasteiger partial charge on any atom is 0.416 e. The van der Waals surface area contributed by atoms with E-state index in [0.29, 0.717) is 0 Å². The van der Waals surface area contributed by atoms with Crippen LogP contribution in [-0.4, -0.2) is 7.05 Å². The molecule has 0 fully saturated rings. The van der Waals surface area contributed by atoms with Crippen molar-refractivity contribution in [3.8, 4) is 0 Å². The van der Waals surface area contributed by atoms with Gasteiger partial charge in [-0.1, -0.05) is 30.3 Å². The summed E-state index contributed by atoms with van der Waals surface area (Å²) in [5, 5.41) is 2.39. The van der Waals surface area contributed by atoms with Gasteiger partial charge in [0.25, 0.3) is 0 Å². The van der Waals surface area contributed by atoms with Crippen LogP contribution in [0.4, 0.5) is 24.5 Å². The SMILES string of the molecule is Cc1cccc2c1sc1c(N(C)c3ccc(C(F)(F)F)cc3)cccc12. The standard InChI is InChI=1S/C21H16F3NS/c1-13-5-3-6-16-17-7-4-8-18(20(17)26-19(13)16)25(2)15-11-9-14(10-12-15)21(22,23)24/h3-12H,1-2H3. The molecule has 0 aliphatic carbocycles. The fourth-order valence-electron chi connectivity index (χ4n) is 3.22. The number of aryl methyl sites for hydroxylation is 1. The topological polar surface area (TPSA) is 3.24 Å². The Labute approximate surface area is 153 Å². The van der Waals surface area contributed by atoms with Gasteiger partial charge in [0.15, 0.2) is 0 Å². The summed E-state index contributed by atoms with van der Waals surface area (Å²) in [6, 6.07) is 17.6. The van der Waals surface area contributed by atoms with Gasteiger partial charge >= 0.3 is 6.18 Å². The molecule has 1 heterocycles. The summed E-state index contributed by atoms with van der Waals surface area (Å²) in [6.07, 6.45) is -4.32. The van der Waals surface area contributed by atoms with E-state index in [1.54, 1.807) is 11.3 Å². The second-order valence-corrected chi connectivity index (χ2v) is 7.33. The highest BCUT2D eigenvalue weighted by molar-refractivity contribution is 7.26. The minimum absolute atomic E-state index is 0.634. The van der Waals surface area contributed by atoms with Crippen molar-refractivity contribution < 1.29 is 13.2 Å². The lowest BCUT2D eigenvalue weighted by molar-refractivity contribution is -0.137. The van der Waals surface area contributed by atoms with Crippen LogP contribution in [0.1, 0.15) is 11.1 Å². The minimum Gasteiger partial charge on any atom is -0.343 e. The fraction of sp³-hybridized carbons (Fsp3) is 0.143. The maximum absolute atomic E-state index is 12.8. The number of anilines is 2. The average molecular weight is 371 g/mol. The van der Waals surface area contributed by atoms with E-state index in [1.807, 2.05) is 24.1 Å². The van der Waals surface area contributed by atoms with E-state index in [1.165, 1.54) is 33.2 Å². The summed E-state index contributed by atoms with van der Waals surface area (Å²) in [4.78, 5) is 1.94. The summed E-state index contributed by atoms with van der Waals surface area (Å²) in [6.45, 7) is 2.09. The lowest BCUT2D eigenvalue weighted by atomic mass is 10.1. The lowest BCUT2D eigenvalue weighted by Gasteiger charge is -2.21. The fourth-order valence-corrected chi connectivity index (χ4v) is 4.54. The smallest absolute Gasteiger partial charge is 0.343 e. The first-order valence-corrected chi connectivity index (χ1v) is 9.00. The molecule has 0 bridgehead atoms. The molecule has 4 aromatic rings. The molecule has 1 nitrogen and oxygen atoms in total. The van der Waals surface area contributed by atoms with Gasteiger partial charge in [-0.3, -0.25) is 0 Å². The number of hydrogen-bond donors (Lipinski definition) is 0. The second-order valence-electron chi connectivity index (χ2n) is 6.31. The first-order chi connectivity index (χ1) is 12.4. The third kappa shape index (κ3) is 2.72. The molecule has 0 aliphatic heterocycles. The molecule has 0 aliphatic rings. The van der Waals surface area contributed by atoms with Crippen LogP contribution in [0.2, 0.25) is 0 Å². The first kappa shape index (κ1) is 16.9. The molecule has 1 aromatic heterocycles. The highest BCUT2D eigenvalue weighted by Gasteiger charge is 2.30. The van der Waals surface area contributed by atoms with E-state index in [9.17, 15) is 13.2 Å². The largest absolute Gasteiger partial charge is 0.416 e. The molecule has 0 radical (unpaired) electrons. The van der Waals surface area contributed by atoms with Gasteiger partial charge in [-0.2, -0.15) is 13.2 Å².